The van der Waals surface area contributed by atoms with Crippen LogP contribution in [0.3, 0.4) is 0 Å². The average Bonchev–Trinajstić information content (AvgIpc) is 2.57. The highest BCUT2D eigenvalue weighted by atomic mass is 35.5. The lowest BCUT2D eigenvalue weighted by atomic mass is 10.0. The Bertz CT molecular complexity index is 691. The molecule has 0 aliphatic carbocycles. The van der Waals surface area contributed by atoms with Gasteiger partial charge in [0, 0.05) is 31.2 Å². The number of nitrogens with one attached hydrogen (secondary N) is 1. The standard InChI is InChI=1S/C17H19ClN4O2/c1-22(15(23)9-11-21-17(19)24)16(14-4-2-3-10-20-14)12-5-7-13(18)8-6-12/h2-8,10,16H,9,11H2,1H3,(H3,19,21,24)/t16-/m1/s1. The topological polar surface area (TPSA) is 88.3 Å². The number of urea groups is 1. The van der Waals surface area contributed by atoms with Gasteiger partial charge in [0.1, 0.15) is 0 Å². The summed E-state index contributed by atoms with van der Waals surface area (Å²) >= 11 is 5.95. The van der Waals surface area contributed by atoms with Gasteiger partial charge in [0.05, 0.1) is 11.7 Å². The lowest BCUT2D eigenvalue weighted by Gasteiger charge is -2.28. The number of hydrogen-bond acceptors (Lipinski definition) is 3. The van der Waals surface area contributed by atoms with Gasteiger partial charge in [-0.15, -0.1) is 0 Å². The van der Waals surface area contributed by atoms with Crippen molar-refractivity contribution in [2.45, 2.75) is 12.5 Å². The van der Waals surface area contributed by atoms with Gasteiger partial charge < -0.3 is 16.0 Å². The molecule has 1 heterocycles. The summed E-state index contributed by atoms with van der Waals surface area (Å²) in [5, 5.41) is 3.04. The van der Waals surface area contributed by atoms with Gasteiger partial charge in [0.15, 0.2) is 0 Å². The van der Waals surface area contributed by atoms with Crippen LogP contribution in [-0.2, 0) is 4.79 Å². The lowest BCUT2D eigenvalue weighted by Crippen LogP contribution is -2.36. The minimum Gasteiger partial charge on any atom is -0.352 e. The molecule has 0 radical (unpaired) electrons. The van der Waals surface area contributed by atoms with Crippen LogP contribution in [-0.4, -0.2) is 35.4 Å². The second kappa shape index (κ2) is 8.31. The zero-order valence-corrected chi connectivity index (χ0v) is 14.0. The van der Waals surface area contributed by atoms with E-state index < -0.39 is 6.03 Å². The molecule has 2 rings (SSSR count). The number of carbonyl (C=O) groups is 2. The first kappa shape index (κ1) is 17.7. The Balaban J connectivity index is 2.23. The number of primary amides is 1. The van der Waals surface area contributed by atoms with Crippen molar-refractivity contribution in [2.24, 2.45) is 5.73 Å². The normalized spacial score (nSPS) is 11.6. The van der Waals surface area contributed by atoms with Crippen molar-refractivity contribution >= 4 is 23.5 Å². The smallest absolute Gasteiger partial charge is 0.312 e. The highest BCUT2D eigenvalue weighted by Crippen LogP contribution is 2.27. The Morgan fingerprint density at radius 3 is 2.54 bits per heavy atom. The Morgan fingerprint density at radius 1 is 1.25 bits per heavy atom. The number of rotatable bonds is 6. The van der Waals surface area contributed by atoms with Gasteiger partial charge >= 0.3 is 6.03 Å². The molecular weight excluding hydrogens is 328 g/mol. The first-order chi connectivity index (χ1) is 11.5. The number of halogens is 1. The molecule has 126 valence electrons. The highest BCUT2D eigenvalue weighted by Gasteiger charge is 2.24. The summed E-state index contributed by atoms with van der Waals surface area (Å²) in [7, 11) is 1.71. The van der Waals surface area contributed by atoms with Crippen LogP contribution >= 0.6 is 11.6 Å². The molecule has 1 aromatic carbocycles. The molecule has 3 N–H and O–H groups in total. The van der Waals surface area contributed by atoms with Gasteiger partial charge in [-0.05, 0) is 29.8 Å². The fourth-order valence-electron chi connectivity index (χ4n) is 2.39. The number of hydrogen-bond donors (Lipinski definition) is 2. The van der Waals surface area contributed by atoms with E-state index in [0.717, 1.165) is 11.3 Å². The van der Waals surface area contributed by atoms with Gasteiger partial charge in [-0.2, -0.15) is 0 Å². The lowest BCUT2D eigenvalue weighted by molar-refractivity contribution is -0.131. The Labute approximate surface area is 145 Å². The molecule has 0 spiro atoms. The minimum atomic E-state index is -0.649. The average molecular weight is 347 g/mol. The number of aromatic nitrogens is 1. The Hall–Kier alpha value is -2.60. The summed E-state index contributed by atoms with van der Waals surface area (Å²) in [5.41, 5.74) is 6.66. The molecule has 0 aliphatic heterocycles. The van der Waals surface area contributed by atoms with Gasteiger partial charge in [0.2, 0.25) is 5.91 Å². The van der Waals surface area contributed by atoms with E-state index in [1.54, 1.807) is 30.3 Å². The van der Waals surface area contributed by atoms with Crippen molar-refractivity contribution in [3.63, 3.8) is 0 Å². The van der Waals surface area contributed by atoms with Crippen LogP contribution in [0.4, 0.5) is 4.79 Å². The molecule has 6 nitrogen and oxygen atoms in total. The molecular formula is C17H19ClN4O2. The van der Waals surface area contributed by atoms with Crippen molar-refractivity contribution in [2.75, 3.05) is 13.6 Å². The molecule has 0 fully saturated rings. The maximum Gasteiger partial charge on any atom is 0.312 e. The van der Waals surface area contributed by atoms with E-state index >= 15 is 0 Å². The van der Waals surface area contributed by atoms with Gasteiger partial charge in [-0.1, -0.05) is 29.8 Å². The molecule has 1 atom stereocenters. The summed E-state index contributed by atoms with van der Waals surface area (Å²) in [4.78, 5) is 29.2. The first-order valence-electron chi connectivity index (χ1n) is 7.44. The summed E-state index contributed by atoms with van der Waals surface area (Å²) in [5.74, 6) is -0.130. The molecule has 2 aromatic rings. The largest absolute Gasteiger partial charge is 0.352 e. The summed E-state index contributed by atoms with van der Waals surface area (Å²) < 4.78 is 0. The third-order valence-corrected chi connectivity index (χ3v) is 3.82. The Morgan fingerprint density at radius 2 is 1.96 bits per heavy atom. The number of nitrogens with zero attached hydrogens (tertiary/aromatic N) is 2. The number of amides is 3. The second-order valence-electron chi connectivity index (χ2n) is 5.25. The maximum atomic E-state index is 12.5. The van der Waals surface area contributed by atoms with Crippen LogP contribution in [0.25, 0.3) is 0 Å². The van der Waals surface area contributed by atoms with E-state index in [4.69, 9.17) is 17.3 Å². The third-order valence-electron chi connectivity index (χ3n) is 3.57. The van der Waals surface area contributed by atoms with E-state index in [2.05, 4.69) is 10.3 Å². The minimum absolute atomic E-state index is 0.130. The quantitative estimate of drug-likeness (QED) is 0.841. The van der Waals surface area contributed by atoms with Gasteiger partial charge in [-0.25, -0.2) is 4.79 Å². The van der Waals surface area contributed by atoms with Crippen molar-refractivity contribution in [3.05, 3.63) is 64.9 Å². The van der Waals surface area contributed by atoms with Crippen molar-refractivity contribution < 1.29 is 9.59 Å². The van der Waals surface area contributed by atoms with Gasteiger partial charge in [-0.3, -0.25) is 9.78 Å². The van der Waals surface area contributed by atoms with E-state index in [0.29, 0.717) is 5.02 Å². The van der Waals surface area contributed by atoms with Crippen LogP contribution in [0, 0.1) is 0 Å². The molecule has 0 aliphatic rings. The molecule has 3 amide bonds. The van der Waals surface area contributed by atoms with Crippen molar-refractivity contribution in [3.8, 4) is 0 Å². The second-order valence-corrected chi connectivity index (χ2v) is 5.69. The molecule has 7 heteroatoms. The number of carbonyl (C=O) groups excluding carboxylic acids is 2. The monoisotopic (exact) mass is 346 g/mol. The SMILES string of the molecule is CN(C(=O)CCNC(N)=O)[C@H](c1ccc(Cl)cc1)c1ccccn1. The highest BCUT2D eigenvalue weighted by molar-refractivity contribution is 6.30. The third kappa shape index (κ3) is 4.70. The van der Waals surface area contributed by atoms with Gasteiger partial charge in [0.25, 0.3) is 0 Å². The number of benzene rings is 1. The number of pyridine rings is 1. The van der Waals surface area contributed by atoms with E-state index in [-0.39, 0.29) is 24.9 Å². The summed E-state index contributed by atoms with van der Waals surface area (Å²) in [6.45, 7) is 0.189. The molecule has 1 aromatic heterocycles. The number of nitrogens with two attached hydrogens (primary N) is 1. The molecule has 0 saturated carbocycles. The zero-order chi connectivity index (χ0) is 17.5. The maximum absolute atomic E-state index is 12.5. The van der Waals surface area contributed by atoms with E-state index in [9.17, 15) is 9.59 Å². The molecule has 0 unspecified atom stereocenters. The van der Waals surface area contributed by atoms with Crippen LogP contribution in [0.5, 0.6) is 0 Å². The molecule has 0 bridgehead atoms. The van der Waals surface area contributed by atoms with Crippen molar-refractivity contribution in [1.82, 2.24) is 15.2 Å². The van der Waals surface area contributed by atoms with E-state index in [1.807, 2.05) is 30.3 Å². The predicted octanol–water partition coefficient (Wildman–Crippen LogP) is 2.34. The summed E-state index contributed by atoms with van der Waals surface area (Å²) in [6.07, 6.45) is 1.83. The van der Waals surface area contributed by atoms with Crippen LogP contribution in [0.15, 0.2) is 48.7 Å². The van der Waals surface area contributed by atoms with E-state index in [1.165, 1.54) is 0 Å². The fraction of sp³-hybridized carbons (Fsp3) is 0.235. The Kier molecular flexibility index (Phi) is 6.14. The van der Waals surface area contributed by atoms with Crippen molar-refractivity contribution in [1.29, 1.82) is 0 Å². The molecule has 24 heavy (non-hydrogen) atoms. The van der Waals surface area contributed by atoms with Crippen LogP contribution in [0.1, 0.15) is 23.7 Å². The van der Waals surface area contributed by atoms with Crippen LogP contribution in [0.2, 0.25) is 5.02 Å². The summed E-state index contributed by atoms with van der Waals surface area (Å²) in [6, 6.07) is 11.9. The zero-order valence-electron chi connectivity index (χ0n) is 13.3. The first-order valence-corrected chi connectivity index (χ1v) is 7.82. The van der Waals surface area contributed by atoms with Crippen LogP contribution < -0.4 is 11.1 Å². The molecule has 0 saturated heterocycles. The predicted molar refractivity (Wildman–Crippen MR) is 92.5 cm³/mol. The fourth-order valence-corrected chi connectivity index (χ4v) is 2.51.